The Kier molecular flexibility index (Phi) is 29.0. The van der Waals surface area contributed by atoms with E-state index in [0.29, 0.717) is 0 Å². The largest absolute Gasteiger partial charge is 0.323 e. The van der Waals surface area contributed by atoms with Crippen LogP contribution in [-0.2, 0) is 0 Å². The Morgan fingerprint density at radius 2 is 1.50 bits per heavy atom. The molecule has 0 saturated heterocycles. The summed E-state index contributed by atoms with van der Waals surface area (Å²) in [6, 6.07) is 0. The molecule has 40 valence electrons. The number of alkyl halides is 1. The van der Waals surface area contributed by atoms with E-state index in [9.17, 15) is 0 Å². The van der Waals surface area contributed by atoms with Crippen molar-refractivity contribution >= 4 is 15.9 Å². The summed E-state index contributed by atoms with van der Waals surface area (Å²) in [7, 11) is 3.75. The molecule has 0 aromatic rings. The first-order valence-electron chi connectivity index (χ1n) is 1.97. The number of halogens is 1. The second-order valence-corrected chi connectivity index (χ2v) is 1.89. The topological polar surface area (TPSA) is 12.0 Å². The van der Waals surface area contributed by atoms with Crippen LogP contribution in [-0.4, -0.2) is 19.4 Å². The fourth-order valence-corrected chi connectivity index (χ4v) is 0. The fraction of sp³-hybridized carbons (Fsp3) is 1.00. The third kappa shape index (κ3) is 271. The number of hydrogen-bond donors (Lipinski definition) is 1. The maximum atomic E-state index is 3.15. The molecule has 0 spiro atoms. The monoisotopic (exact) mass is 153 g/mol. The SMILES string of the molecule is CCBr.CNC. The van der Waals surface area contributed by atoms with E-state index in [0.717, 1.165) is 5.33 Å². The Hall–Kier alpha value is 0.440. The van der Waals surface area contributed by atoms with E-state index in [2.05, 4.69) is 21.2 Å². The zero-order chi connectivity index (χ0) is 5.41. The van der Waals surface area contributed by atoms with Crippen LogP contribution >= 0.6 is 15.9 Å². The minimum Gasteiger partial charge on any atom is -0.323 e. The van der Waals surface area contributed by atoms with Gasteiger partial charge in [0.25, 0.3) is 0 Å². The molecule has 0 aliphatic carbocycles. The second kappa shape index (κ2) is 18.0. The molecule has 0 rings (SSSR count). The summed E-state index contributed by atoms with van der Waals surface area (Å²) in [4.78, 5) is 0. The van der Waals surface area contributed by atoms with Crippen molar-refractivity contribution in [1.82, 2.24) is 5.32 Å². The molecule has 0 saturated carbocycles. The van der Waals surface area contributed by atoms with Crippen molar-refractivity contribution in [2.24, 2.45) is 0 Å². The van der Waals surface area contributed by atoms with Crippen molar-refractivity contribution in [3.8, 4) is 0 Å². The quantitative estimate of drug-likeness (QED) is 0.517. The first kappa shape index (κ1) is 9.67. The fourth-order valence-electron chi connectivity index (χ4n) is 0. The molecule has 1 N–H and O–H groups in total. The van der Waals surface area contributed by atoms with Crippen molar-refractivity contribution < 1.29 is 0 Å². The third-order valence-corrected chi connectivity index (χ3v) is 0. The van der Waals surface area contributed by atoms with Gasteiger partial charge in [-0.15, -0.1) is 0 Å². The van der Waals surface area contributed by atoms with Crippen LogP contribution in [0.15, 0.2) is 0 Å². The van der Waals surface area contributed by atoms with E-state index in [1.165, 1.54) is 0 Å². The van der Waals surface area contributed by atoms with Crippen LogP contribution in [0.2, 0.25) is 0 Å². The lowest BCUT2D eigenvalue weighted by atomic mass is 11.0. The summed E-state index contributed by atoms with van der Waals surface area (Å²) in [5.74, 6) is 0. The second-order valence-electron chi connectivity index (χ2n) is 0.767. The van der Waals surface area contributed by atoms with Gasteiger partial charge in [-0.25, -0.2) is 0 Å². The Morgan fingerprint density at radius 3 is 1.50 bits per heavy atom. The van der Waals surface area contributed by atoms with Gasteiger partial charge in [-0.1, -0.05) is 22.9 Å². The maximum absolute atomic E-state index is 3.15. The number of rotatable bonds is 0. The van der Waals surface area contributed by atoms with Gasteiger partial charge in [0, 0.05) is 5.33 Å². The Balaban J connectivity index is 0. The Morgan fingerprint density at radius 1 is 1.50 bits per heavy atom. The van der Waals surface area contributed by atoms with Crippen LogP contribution in [0.25, 0.3) is 0 Å². The standard InChI is InChI=1S/C2H5Br.C2H7N/c1-2-3;1-3-2/h2H2,1H3;3H,1-2H3. The molecule has 0 fully saturated rings. The van der Waals surface area contributed by atoms with Gasteiger partial charge >= 0.3 is 0 Å². The van der Waals surface area contributed by atoms with Gasteiger partial charge < -0.3 is 5.32 Å². The molecule has 0 atom stereocenters. The molecule has 0 heterocycles. The highest BCUT2D eigenvalue weighted by molar-refractivity contribution is 9.09. The maximum Gasteiger partial charge on any atom is 0.000281 e. The smallest absolute Gasteiger partial charge is 0.000281 e. The molecule has 0 unspecified atom stereocenters. The van der Waals surface area contributed by atoms with E-state index >= 15 is 0 Å². The lowest BCUT2D eigenvalue weighted by molar-refractivity contribution is 1.02. The van der Waals surface area contributed by atoms with Gasteiger partial charge in [-0.2, -0.15) is 0 Å². The molecule has 0 aromatic carbocycles. The van der Waals surface area contributed by atoms with Gasteiger partial charge in [0.15, 0.2) is 0 Å². The highest BCUT2D eigenvalue weighted by Gasteiger charge is 1.38. The first-order chi connectivity index (χ1) is 2.83. The summed E-state index contributed by atoms with van der Waals surface area (Å²) in [6.07, 6.45) is 0. The first-order valence-corrected chi connectivity index (χ1v) is 3.10. The minimum atomic E-state index is 1.06. The van der Waals surface area contributed by atoms with Gasteiger partial charge in [0.1, 0.15) is 0 Å². The van der Waals surface area contributed by atoms with Gasteiger partial charge in [-0.3, -0.25) is 0 Å². The molecule has 0 radical (unpaired) electrons. The summed E-state index contributed by atoms with van der Waals surface area (Å²) in [5, 5.41) is 3.81. The highest BCUT2D eigenvalue weighted by Crippen LogP contribution is 1.67. The average Bonchev–Trinajstić information content (AvgIpc) is 1.39. The zero-order valence-corrected chi connectivity index (χ0v) is 6.17. The van der Waals surface area contributed by atoms with Crippen molar-refractivity contribution in [3.63, 3.8) is 0 Å². The van der Waals surface area contributed by atoms with Crippen LogP contribution in [0, 0.1) is 0 Å². The van der Waals surface area contributed by atoms with Crippen LogP contribution in [0.3, 0.4) is 0 Å². The van der Waals surface area contributed by atoms with Gasteiger partial charge in [0.2, 0.25) is 0 Å². The van der Waals surface area contributed by atoms with Crippen molar-refractivity contribution in [3.05, 3.63) is 0 Å². The summed E-state index contributed by atoms with van der Waals surface area (Å²) in [6.45, 7) is 2.04. The highest BCUT2D eigenvalue weighted by atomic mass is 79.9. The minimum absolute atomic E-state index is 1.06. The Bertz CT molecular complexity index is 9.51. The van der Waals surface area contributed by atoms with Crippen LogP contribution < -0.4 is 5.32 Å². The van der Waals surface area contributed by atoms with Gasteiger partial charge in [-0.05, 0) is 14.1 Å². The normalized spacial score (nSPS) is 6.00. The van der Waals surface area contributed by atoms with Gasteiger partial charge in [0.05, 0.1) is 0 Å². The van der Waals surface area contributed by atoms with E-state index in [1.54, 1.807) is 0 Å². The van der Waals surface area contributed by atoms with Crippen molar-refractivity contribution in [1.29, 1.82) is 0 Å². The number of hydrogen-bond acceptors (Lipinski definition) is 1. The molecular formula is C4H12BrN. The molecule has 0 aliphatic heterocycles. The molecule has 6 heavy (non-hydrogen) atoms. The van der Waals surface area contributed by atoms with Crippen LogP contribution in [0.4, 0.5) is 0 Å². The van der Waals surface area contributed by atoms with Crippen molar-refractivity contribution in [2.75, 3.05) is 19.4 Å². The van der Waals surface area contributed by atoms with Crippen LogP contribution in [0.5, 0.6) is 0 Å². The van der Waals surface area contributed by atoms with E-state index in [4.69, 9.17) is 0 Å². The molecular weight excluding hydrogens is 142 g/mol. The molecule has 0 aromatic heterocycles. The predicted molar refractivity (Wildman–Crippen MR) is 34.5 cm³/mol. The zero-order valence-electron chi connectivity index (χ0n) is 4.59. The lowest BCUT2D eigenvalue weighted by Crippen LogP contribution is -1.89. The molecule has 2 heteroatoms. The van der Waals surface area contributed by atoms with E-state index in [-0.39, 0.29) is 0 Å². The third-order valence-electron chi connectivity index (χ3n) is 0. The summed E-state index contributed by atoms with van der Waals surface area (Å²) >= 11 is 3.15. The Labute approximate surface area is 48.3 Å². The average molecular weight is 154 g/mol. The van der Waals surface area contributed by atoms with E-state index in [1.807, 2.05) is 21.0 Å². The summed E-state index contributed by atoms with van der Waals surface area (Å²) in [5.41, 5.74) is 0. The summed E-state index contributed by atoms with van der Waals surface area (Å²) < 4.78 is 0. The van der Waals surface area contributed by atoms with E-state index < -0.39 is 0 Å². The molecule has 0 bridgehead atoms. The molecule has 0 aliphatic rings. The molecule has 1 nitrogen and oxygen atoms in total. The van der Waals surface area contributed by atoms with Crippen LogP contribution in [0.1, 0.15) is 6.92 Å². The lowest BCUT2D eigenvalue weighted by Gasteiger charge is -1.59. The number of nitrogens with one attached hydrogen (secondary N) is 1. The van der Waals surface area contributed by atoms with Crippen molar-refractivity contribution in [2.45, 2.75) is 6.92 Å². The predicted octanol–water partition coefficient (Wildman–Crippen LogP) is 1.24. The molecule has 0 amide bonds.